The molecule has 5 heteroatoms. The number of rotatable bonds is 6. The van der Waals surface area contributed by atoms with Gasteiger partial charge in [-0.25, -0.2) is 0 Å². The van der Waals surface area contributed by atoms with Crippen LogP contribution in [0.5, 0.6) is 0 Å². The Morgan fingerprint density at radius 1 is 1.53 bits per heavy atom. The fourth-order valence-electron chi connectivity index (χ4n) is 2.84. The molecule has 1 fully saturated rings. The summed E-state index contributed by atoms with van der Waals surface area (Å²) in [5.41, 5.74) is 7.21. The van der Waals surface area contributed by atoms with Gasteiger partial charge in [0.15, 0.2) is 0 Å². The quantitative estimate of drug-likeness (QED) is 0.845. The first-order chi connectivity index (χ1) is 9.28. The monoisotopic (exact) mass is 266 g/mol. The molecule has 5 nitrogen and oxygen atoms in total. The first kappa shape index (κ1) is 14.5. The van der Waals surface area contributed by atoms with E-state index in [9.17, 15) is 0 Å². The summed E-state index contributed by atoms with van der Waals surface area (Å²) < 4.78 is 7.73. The van der Waals surface area contributed by atoms with E-state index in [2.05, 4.69) is 30.0 Å². The first-order valence-electron chi connectivity index (χ1n) is 7.36. The number of likely N-dealkylation sites (tertiary alicyclic amines) is 1. The molecule has 0 saturated carbocycles. The van der Waals surface area contributed by atoms with Crippen LogP contribution in [0, 0.1) is 0 Å². The second-order valence-corrected chi connectivity index (χ2v) is 5.10. The van der Waals surface area contributed by atoms with Gasteiger partial charge in [0, 0.05) is 38.0 Å². The summed E-state index contributed by atoms with van der Waals surface area (Å²) in [6, 6.07) is 0.267. The molecule has 0 aromatic carbocycles. The maximum atomic E-state index is 5.99. The van der Waals surface area contributed by atoms with E-state index >= 15 is 0 Å². The molecule has 108 valence electrons. The highest BCUT2D eigenvalue weighted by Crippen LogP contribution is 2.24. The molecule has 2 atom stereocenters. The van der Waals surface area contributed by atoms with Gasteiger partial charge >= 0.3 is 0 Å². The predicted molar refractivity (Wildman–Crippen MR) is 75.9 cm³/mol. The average molecular weight is 266 g/mol. The third kappa shape index (κ3) is 3.55. The number of nitrogens with zero attached hydrogens (tertiary/aromatic N) is 3. The molecule has 2 N–H and O–H groups in total. The Hall–Kier alpha value is -0.910. The van der Waals surface area contributed by atoms with Gasteiger partial charge in [-0.05, 0) is 33.2 Å². The van der Waals surface area contributed by atoms with E-state index in [0.29, 0.717) is 12.6 Å². The van der Waals surface area contributed by atoms with E-state index in [-0.39, 0.29) is 6.04 Å². The molecule has 0 amide bonds. The van der Waals surface area contributed by atoms with E-state index in [1.807, 2.05) is 10.9 Å². The lowest BCUT2D eigenvalue weighted by Crippen LogP contribution is -2.43. The van der Waals surface area contributed by atoms with E-state index in [1.54, 1.807) is 0 Å². The highest BCUT2D eigenvalue weighted by atomic mass is 16.5. The van der Waals surface area contributed by atoms with Gasteiger partial charge in [0.2, 0.25) is 0 Å². The SMILES string of the molecule is CCOC1CCCN(C(CN)c2cnn(CC)c2)C1. The van der Waals surface area contributed by atoms with Crippen molar-refractivity contribution in [3.63, 3.8) is 0 Å². The van der Waals surface area contributed by atoms with Crippen molar-refractivity contribution >= 4 is 0 Å². The van der Waals surface area contributed by atoms with Gasteiger partial charge in [0.25, 0.3) is 0 Å². The fourth-order valence-corrected chi connectivity index (χ4v) is 2.84. The van der Waals surface area contributed by atoms with Gasteiger partial charge in [0.1, 0.15) is 0 Å². The van der Waals surface area contributed by atoms with Crippen LogP contribution in [0.3, 0.4) is 0 Å². The molecular formula is C14H26N4O. The number of hydrogen-bond acceptors (Lipinski definition) is 4. The molecule has 1 aromatic rings. The molecular weight excluding hydrogens is 240 g/mol. The first-order valence-corrected chi connectivity index (χ1v) is 7.36. The molecule has 2 heterocycles. The summed E-state index contributed by atoms with van der Waals surface area (Å²) in [4.78, 5) is 2.45. The van der Waals surface area contributed by atoms with Gasteiger partial charge in [-0.1, -0.05) is 0 Å². The van der Waals surface area contributed by atoms with Crippen molar-refractivity contribution in [1.29, 1.82) is 0 Å². The van der Waals surface area contributed by atoms with Crippen LogP contribution in [0.15, 0.2) is 12.4 Å². The Kier molecular flexibility index (Phi) is 5.36. The molecule has 2 unspecified atom stereocenters. The van der Waals surface area contributed by atoms with Crippen LogP contribution in [-0.4, -0.2) is 47.0 Å². The minimum atomic E-state index is 0.267. The summed E-state index contributed by atoms with van der Waals surface area (Å²) in [7, 11) is 0. The Morgan fingerprint density at radius 2 is 2.37 bits per heavy atom. The van der Waals surface area contributed by atoms with Crippen LogP contribution in [0.25, 0.3) is 0 Å². The molecule has 0 spiro atoms. The summed E-state index contributed by atoms with van der Waals surface area (Å²) in [5, 5.41) is 4.36. The van der Waals surface area contributed by atoms with Gasteiger partial charge in [-0.15, -0.1) is 0 Å². The molecule has 1 saturated heterocycles. The standard InChI is InChI=1S/C14H26N4O/c1-3-18-10-12(9-16-18)14(8-15)17-7-5-6-13(11-17)19-4-2/h9-10,13-14H,3-8,11,15H2,1-2H3. The third-order valence-corrected chi connectivity index (χ3v) is 3.84. The van der Waals surface area contributed by atoms with E-state index in [0.717, 1.165) is 32.7 Å². The molecule has 2 rings (SSSR count). The third-order valence-electron chi connectivity index (χ3n) is 3.84. The molecule has 0 radical (unpaired) electrons. The Morgan fingerprint density at radius 3 is 3.00 bits per heavy atom. The largest absolute Gasteiger partial charge is 0.377 e. The van der Waals surface area contributed by atoms with Crippen molar-refractivity contribution in [2.24, 2.45) is 5.73 Å². The topological polar surface area (TPSA) is 56.3 Å². The van der Waals surface area contributed by atoms with Crippen molar-refractivity contribution in [3.05, 3.63) is 18.0 Å². The number of aryl methyl sites for hydroxylation is 1. The smallest absolute Gasteiger partial charge is 0.0702 e. The number of hydrogen-bond donors (Lipinski definition) is 1. The number of aromatic nitrogens is 2. The van der Waals surface area contributed by atoms with Gasteiger partial charge in [-0.3, -0.25) is 9.58 Å². The second-order valence-electron chi connectivity index (χ2n) is 5.10. The minimum Gasteiger partial charge on any atom is -0.377 e. The lowest BCUT2D eigenvalue weighted by molar-refractivity contribution is -0.00660. The molecule has 0 bridgehead atoms. The van der Waals surface area contributed by atoms with Crippen LogP contribution in [-0.2, 0) is 11.3 Å². The average Bonchev–Trinajstić information content (AvgIpc) is 2.89. The zero-order valence-corrected chi connectivity index (χ0v) is 12.1. The van der Waals surface area contributed by atoms with E-state index in [4.69, 9.17) is 10.5 Å². The lowest BCUT2D eigenvalue weighted by Gasteiger charge is -2.37. The van der Waals surface area contributed by atoms with Gasteiger partial charge in [-0.2, -0.15) is 5.10 Å². The summed E-state index contributed by atoms with van der Waals surface area (Å²) in [6.07, 6.45) is 6.76. The highest BCUT2D eigenvalue weighted by molar-refractivity contribution is 5.11. The van der Waals surface area contributed by atoms with Gasteiger partial charge in [0.05, 0.1) is 18.3 Å². The maximum Gasteiger partial charge on any atom is 0.0702 e. The predicted octanol–water partition coefficient (Wildman–Crippen LogP) is 1.40. The van der Waals surface area contributed by atoms with Crippen LogP contribution in [0.4, 0.5) is 0 Å². The minimum absolute atomic E-state index is 0.267. The zero-order valence-electron chi connectivity index (χ0n) is 12.1. The zero-order chi connectivity index (χ0) is 13.7. The lowest BCUT2D eigenvalue weighted by atomic mass is 10.0. The van der Waals surface area contributed by atoms with Gasteiger partial charge < -0.3 is 10.5 Å². The van der Waals surface area contributed by atoms with Crippen molar-refractivity contribution in [3.8, 4) is 0 Å². The second kappa shape index (κ2) is 7.03. The normalized spacial score (nSPS) is 22.6. The number of ether oxygens (including phenoxy) is 1. The number of nitrogens with two attached hydrogens (primary N) is 1. The Balaban J connectivity index is 2.03. The molecule has 1 aliphatic rings. The van der Waals surface area contributed by atoms with E-state index < -0.39 is 0 Å². The van der Waals surface area contributed by atoms with E-state index in [1.165, 1.54) is 12.0 Å². The summed E-state index contributed by atoms with van der Waals surface area (Å²) >= 11 is 0. The molecule has 1 aromatic heterocycles. The van der Waals surface area contributed by atoms with Crippen molar-refractivity contribution in [1.82, 2.24) is 14.7 Å². The van der Waals surface area contributed by atoms with Crippen LogP contribution >= 0.6 is 0 Å². The molecule has 0 aliphatic carbocycles. The van der Waals surface area contributed by atoms with Crippen LogP contribution < -0.4 is 5.73 Å². The molecule has 1 aliphatic heterocycles. The number of piperidine rings is 1. The van der Waals surface area contributed by atoms with Crippen molar-refractivity contribution < 1.29 is 4.74 Å². The summed E-state index contributed by atoms with van der Waals surface area (Å²) in [5.74, 6) is 0. The Bertz CT molecular complexity index is 377. The Labute approximate surface area is 115 Å². The fraction of sp³-hybridized carbons (Fsp3) is 0.786. The van der Waals surface area contributed by atoms with Crippen LogP contribution in [0.1, 0.15) is 38.3 Å². The van der Waals surface area contributed by atoms with Crippen molar-refractivity contribution in [2.45, 2.75) is 45.4 Å². The maximum absolute atomic E-state index is 5.99. The molecule has 19 heavy (non-hydrogen) atoms. The highest BCUT2D eigenvalue weighted by Gasteiger charge is 2.27. The van der Waals surface area contributed by atoms with Crippen LogP contribution in [0.2, 0.25) is 0 Å². The summed E-state index contributed by atoms with van der Waals surface area (Å²) in [6.45, 7) is 8.56. The van der Waals surface area contributed by atoms with Crippen molar-refractivity contribution in [2.75, 3.05) is 26.2 Å².